The van der Waals surface area contributed by atoms with Gasteiger partial charge in [0.15, 0.2) is 5.82 Å². The number of anilines is 3. The summed E-state index contributed by atoms with van der Waals surface area (Å²) in [6, 6.07) is 13.6. The number of aromatic amines is 1. The van der Waals surface area contributed by atoms with Crippen LogP contribution >= 0.6 is 11.6 Å². The highest BCUT2D eigenvalue weighted by molar-refractivity contribution is 6.32. The van der Waals surface area contributed by atoms with Crippen molar-refractivity contribution in [3.05, 3.63) is 65.4 Å². The smallest absolute Gasteiger partial charge is 0.249 e. The number of hydrogen-bond donors (Lipinski definition) is 3. The predicted octanol–water partition coefficient (Wildman–Crippen LogP) is 4.41. The van der Waals surface area contributed by atoms with Gasteiger partial charge in [0.2, 0.25) is 5.95 Å². The highest BCUT2D eigenvalue weighted by atomic mass is 35.5. The van der Waals surface area contributed by atoms with Gasteiger partial charge in [-0.05, 0) is 36.2 Å². The molecule has 0 fully saturated rings. The molecule has 0 atom stereocenters. The lowest BCUT2D eigenvalue weighted by molar-refractivity contribution is 0.415. The van der Waals surface area contributed by atoms with Crippen molar-refractivity contribution in [2.75, 3.05) is 24.3 Å². The molecule has 0 aliphatic rings. The average molecular weight is 395 g/mol. The number of methoxy groups -OCH3 is 1. The fraction of sp³-hybridized carbons (Fsp3) is 0.150. The fourth-order valence-corrected chi connectivity index (χ4v) is 3.24. The first-order valence-electron chi connectivity index (χ1n) is 8.82. The minimum atomic E-state index is 0.387. The van der Waals surface area contributed by atoms with Gasteiger partial charge in [0.05, 0.1) is 18.3 Å². The van der Waals surface area contributed by atoms with Crippen LogP contribution in [0.1, 0.15) is 5.56 Å². The van der Waals surface area contributed by atoms with E-state index < -0.39 is 0 Å². The molecule has 4 aromatic rings. The molecule has 4 rings (SSSR count). The van der Waals surface area contributed by atoms with Crippen molar-refractivity contribution in [3.63, 3.8) is 0 Å². The Morgan fingerprint density at radius 1 is 1.18 bits per heavy atom. The van der Waals surface area contributed by atoms with Gasteiger partial charge in [-0.3, -0.25) is 0 Å². The molecule has 0 spiro atoms. The maximum atomic E-state index is 6.15. The monoisotopic (exact) mass is 394 g/mol. The molecule has 0 bridgehead atoms. The minimum absolute atomic E-state index is 0.387. The molecule has 0 aliphatic carbocycles. The van der Waals surface area contributed by atoms with Gasteiger partial charge in [-0.15, -0.1) is 5.10 Å². The summed E-state index contributed by atoms with van der Waals surface area (Å²) in [6.07, 6.45) is 4.51. The third-order valence-electron chi connectivity index (χ3n) is 4.34. The maximum absolute atomic E-state index is 6.15. The van der Waals surface area contributed by atoms with E-state index in [1.54, 1.807) is 25.4 Å². The number of nitrogens with zero attached hydrogens (tertiary/aromatic N) is 3. The Bertz CT molecular complexity index is 1100. The van der Waals surface area contributed by atoms with Crippen molar-refractivity contribution in [1.29, 1.82) is 0 Å². The van der Waals surface area contributed by atoms with Gasteiger partial charge >= 0.3 is 0 Å². The summed E-state index contributed by atoms with van der Waals surface area (Å²) in [7, 11) is 1.58. The van der Waals surface area contributed by atoms with E-state index in [4.69, 9.17) is 16.3 Å². The van der Waals surface area contributed by atoms with E-state index in [1.807, 2.05) is 24.4 Å². The molecular weight excluding hydrogens is 376 g/mol. The van der Waals surface area contributed by atoms with E-state index >= 15 is 0 Å². The zero-order valence-corrected chi connectivity index (χ0v) is 16.0. The topological polar surface area (TPSA) is 87.8 Å². The van der Waals surface area contributed by atoms with Crippen LogP contribution in [0.25, 0.3) is 10.9 Å². The number of rotatable bonds is 7. The zero-order valence-electron chi connectivity index (χ0n) is 15.2. The molecule has 0 amide bonds. The Hall–Kier alpha value is -3.32. The van der Waals surface area contributed by atoms with Gasteiger partial charge in [-0.25, -0.2) is 0 Å². The average Bonchev–Trinajstić information content (AvgIpc) is 3.12. The number of aromatic nitrogens is 4. The van der Waals surface area contributed by atoms with E-state index in [1.165, 1.54) is 10.9 Å². The number of nitrogens with one attached hydrogen (secondary N) is 3. The summed E-state index contributed by atoms with van der Waals surface area (Å²) in [4.78, 5) is 7.73. The summed E-state index contributed by atoms with van der Waals surface area (Å²) >= 11 is 6.15. The van der Waals surface area contributed by atoms with Gasteiger partial charge in [0, 0.05) is 29.3 Å². The van der Waals surface area contributed by atoms with Crippen LogP contribution in [0.15, 0.2) is 54.9 Å². The lowest BCUT2D eigenvalue weighted by Gasteiger charge is -2.09. The zero-order chi connectivity index (χ0) is 19.3. The van der Waals surface area contributed by atoms with Gasteiger partial charge < -0.3 is 20.4 Å². The van der Waals surface area contributed by atoms with E-state index in [-0.39, 0.29) is 0 Å². The Morgan fingerprint density at radius 3 is 2.93 bits per heavy atom. The quantitative estimate of drug-likeness (QED) is 0.430. The SMILES string of the molecule is COc1ccc(Nc2nncc(NCCc3c[nH]c4ccccc34)n2)cc1Cl. The first-order chi connectivity index (χ1) is 13.7. The number of halogens is 1. The fourth-order valence-electron chi connectivity index (χ4n) is 2.98. The van der Waals surface area contributed by atoms with E-state index in [9.17, 15) is 0 Å². The molecule has 7 nitrogen and oxygen atoms in total. The predicted molar refractivity (Wildman–Crippen MR) is 112 cm³/mol. The highest BCUT2D eigenvalue weighted by Crippen LogP contribution is 2.28. The normalized spacial score (nSPS) is 10.8. The molecule has 0 aliphatic heterocycles. The Balaban J connectivity index is 1.39. The largest absolute Gasteiger partial charge is 0.495 e. The standard InChI is InChI=1S/C20H19ClN6O/c1-28-18-7-6-14(10-16(18)21)25-20-26-19(12-24-27-20)22-9-8-13-11-23-17-5-3-2-4-15(13)17/h2-7,10-12,23H,8-9H2,1H3,(H2,22,25,26,27). The van der Waals surface area contributed by atoms with Crippen LogP contribution in [0.2, 0.25) is 5.02 Å². The van der Waals surface area contributed by atoms with Crippen molar-refractivity contribution in [3.8, 4) is 5.75 Å². The van der Waals surface area contributed by atoms with Gasteiger partial charge in [0.25, 0.3) is 0 Å². The lowest BCUT2D eigenvalue weighted by atomic mass is 10.1. The van der Waals surface area contributed by atoms with E-state index in [0.29, 0.717) is 22.5 Å². The van der Waals surface area contributed by atoms with Crippen LogP contribution in [0, 0.1) is 0 Å². The second-order valence-corrected chi connectivity index (χ2v) is 6.58. The Labute approximate surface area is 167 Å². The molecule has 0 saturated heterocycles. The van der Waals surface area contributed by atoms with Gasteiger partial charge in [-0.2, -0.15) is 10.1 Å². The molecule has 2 heterocycles. The van der Waals surface area contributed by atoms with Gasteiger partial charge in [-0.1, -0.05) is 29.8 Å². The summed E-state index contributed by atoms with van der Waals surface area (Å²) in [6.45, 7) is 0.731. The third kappa shape index (κ3) is 3.99. The second kappa shape index (κ2) is 8.14. The van der Waals surface area contributed by atoms with Crippen LogP contribution in [-0.2, 0) is 6.42 Å². The molecule has 8 heteroatoms. The van der Waals surface area contributed by atoms with E-state index in [0.717, 1.165) is 24.2 Å². The number of para-hydroxylation sites is 1. The van der Waals surface area contributed by atoms with Crippen molar-refractivity contribution in [2.45, 2.75) is 6.42 Å². The van der Waals surface area contributed by atoms with Crippen molar-refractivity contribution < 1.29 is 4.74 Å². The number of benzene rings is 2. The highest BCUT2D eigenvalue weighted by Gasteiger charge is 2.06. The number of ether oxygens (including phenoxy) is 1. The maximum Gasteiger partial charge on any atom is 0.249 e. The van der Waals surface area contributed by atoms with E-state index in [2.05, 4.69) is 42.9 Å². The summed E-state index contributed by atoms with van der Waals surface area (Å²) in [5, 5.41) is 16.1. The van der Waals surface area contributed by atoms with Gasteiger partial charge in [0.1, 0.15) is 5.75 Å². The molecule has 2 aromatic heterocycles. The van der Waals surface area contributed by atoms with Crippen LogP contribution in [0.5, 0.6) is 5.75 Å². The Morgan fingerprint density at radius 2 is 2.07 bits per heavy atom. The van der Waals surface area contributed by atoms with Crippen LogP contribution in [0.4, 0.5) is 17.5 Å². The molecule has 0 unspecified atom stereocenters. The molecule has 142 valence electrons. The molecule has 3 N–H and O–H groups in total. The lowest BCUT2D eigenvalue weighted by Crippen LogP contribution is -2.08. The first-order valence-corrected chi connectivity index (χ1v) is 9.20. The number of hydrogen-bond acceptors (Lipinski definition) is 6. The van der Waals surface area contributed by atoms with Crippen molar-refractivity contribution in [1.82, 2.24) is 20.2 Å². The first kappa shape index (κ1) is 18.1. The van der Waals surface area contributed by atoms with Crippen LogP contribution < -0.4 is 15.4 Å². The molecule has 0 radical (unpaired) electrons. The van der Waals surface area contributed by atoms with Crippen LogP contribution in [0.3, 0.4) is 0 Å². The second-order valence-electron chi connectivity index (χ2n) is 6.18. The third-order valence-corrected chi connectivity index (χ3v) is 4.64. The van der Waals surface area contributed by atoms with Crippen molar-refractivity contribution >= 4 is 40.0 Å². The Kier molecular flexibility index (Phi) is 5.25. The van der Waals surface area contributed by atoms with Crippen molar-refractivity contribution in [2.24, 2.45) is 0 Å². The summed E-state index contributed by atoms with van der Waals surface area (Å²) < 4.78 is 5.16. The molecule has 0 saturated carbocycles. The summed E-state index contributed by atoms with van der Waals surface area (Å²) in [5.74, 6) is 1.65. The molecule has 28 heavy (non-hydrogen) atoms. The number of H-pyrrole nitrogens is 1. The molecular formula is C20H19ClN6O. The molecule has 2 aromatic carbocycles. The number of fused-ring (bicyclic) bond motifs is 1. The summed E-state index contributed by atoms with van der Waals surface area (Å²) in [5.41, 5.74) is 3.16. The minimum Gasteiger partial charge on any atom is -0.495 e. The van der Waals surface area contributed by atoms with Crippen LogP contribution in [-0.4, -0.2) is 33.8 Å².